The van der Waals surface area contributed by atoms with Gasteiger partial charge in [0.25, 0.3) is 0 Å². The van der Waals surface area contributed by atoms with Gasteiger partial charge in [0, 0.05) is 23.7 Å². The first-order valence-corrected chi connectivity index (χ1v) is 12.5. The molecule has 4 aromatic carbocycles. The van der Waals surface area contributed by atoms with Crippen LogP contribution >= 0.6 is 0 Å². The average Bonchev–Trinajstić information content (AvgIpc) is 3.35. The minimum atomic E-state index is -0.462. The van der Waals surface area contributed by atoms with Crippen LogP contribution < -0.4 is 9.64 Å². The number of ether oxygens (including phenoxy) is 1. The normalized spacial score (nSPS) is 13.5. The summed E-state index contributed by atoms with van der Waals surface area (Å²) < 4.78 is 5.14. The van der Waals surface area contributed by atoms with Crippen LogP contribution in [0.25, 0.3) is 17.7 Å². The van der Waals surface area contributed by atoms with Gasteiger partial charge in [0.05, 0.1) is 0 Å². The summed E-state index contributed by atoms with van der Waals surface area (Å²) in [7, 11) is 0. The van der Waals surface area contributed by atoms with E-state index in [2.05, 4.69) is 103 Å². The van der Waals surface area contributed by atoms with Gasteiger partial charge < -0.3 is 9.64 Å². The first-order chi connectivity index (χ1) is 18.1. The van der Waals surface area contributed by atoms with E-state index in [1.54, 1.807) is 12.1 Å². The van der Waals surface area contributed by atoms with Crippen molar-refractivity contribution in [2.75, 3.05) is 4.90 Å². The number of aryl methyl sites for hydroxylation is 2. The lowest BCUT2D eigenvalue weighted by molar-refractivity contribution is -0.128. The molecule has 0 aromatic heterocycles. The van der Waals surface area contributed by atoms with Crippen molar-refractivity contribution >= 4 is 35.1 Å². The molecule has 3 heteroatoms. The lowest BCUT2D eigenvalue weighted by Crippen LogP contribution is -2.09. The van der Waals surface area contributed by atoms with Crippen molar-refractivity contribution in [3.63, 3.8) is 0 Å². The van der Waals surface area contributed by atoms with Crippen molar-refractivity contribution in [3.05, 3.63) is 144 Å². The summed E-state index contributed by atoms with van der Waals surface area (Å²) in [6.07, 6.45) is 9.71. The van der Waals surface area contributed by atoms with Gasteiger partial charge in [0.15, 0.2) is 0 Å². The van der Waals surface area contributed by atoms with Crippen LogP contribution in [0.3, 0.4) is 0 Å². The van der Waals surface area contributed by atoms with E-state index >= 15 is 0 Å². The second-order valence-electron chi connectivity index (χ2n) is 9.14. The van der Waals surface area contributed by atoms with E-state index in [9.17, 15) is 4.79 Å². The number of nitrogens with zero attached hydrogens (tertiary/aromatic N) is 1. The Morgan fingerprint density at radius 2 is 1.38 bits per heavy atom. The summed E-state index contributed by atoms with van der Waals surface area (Å²) in [6, 6.07) is 33.4. The molecule has 1 aliphatic carbocycles. The molecule has 0 spiro atoms. The molecule has 0 radical (unpaired) electrons. The maximum absolute atomic E-state index is 11.3. The van der Waals surface area contributed by atoms with Crippen molar-refractivity contribution in [1.82, 2.24) is 0 Å². The fraction of sp³-hybridized carbons (Fsp3) is 0.0882. The zero-order valence-corrected chi connectivity index (χ0v) is 20.9. The van der Waals surface area contributed by atoms with Crippen molar-refractivity contribution in [3.8, 4) is 5.75 Å². The maximum Gasteiger partial charge on any atom is 0.335 e. The summed E-state index contributed by atoms with van der Waals surface area (Å²) >= 11 is 0. The molecule has 5 rings (SSSR count). The minimum Gasteiger partial charge on any atom is -0.423 e. The lowest BCUT2D eigenvalue weighted by atomic mass is 10.1. The van der Waals surface area contributed by atoms with E-state index in [0.717, 1.165) is 41.4 Å². The third-order valence-electron chi connectivity index (χ3n) is 6.53. The highest BCUT2D eigenvalue weighted by molar-refractivity contribution is 5.83. The smallest absolute Gasteiger partial charge is 0.335 e. The van der Waals surface area contributed by atoms with Gasteiger partial charge in [0.1, 0.15) is 5.75 Å². The van der Waals surface area contributed by atoms with Crippen LogP contribution in [0.4, 0.5) is 11.4 Å². The van der Waals surface area contributed by atoms with Gasteiger partial charge in [0.2, 0.25) is 0 Å². The highest BCUT2D eigenvalue weighted by atomic mass is 16.5. The van der Waals surface area contributed by atoms with Gasteiger partial charge >= 0.3 is 5.97 Å². The molecule has 0 saturated carbocycles. The number of rotatable bonds is 7. The SMILES string of the molecule is C=CC(=O)Oc1ccc(C=Cc2ccc(N(/C=C3/CCc4ccccc43)c3ccc(C)cc3)cc2)cc1. The Bertz CT molecular complexity index is 1460. The van der Waals surface area contributed by atoms with Crippen LogP contribution in [-0.4, -0.2) is 5.97 Å². The van der Waals surface area contributed by atoms with Gasteiger partial charge in [-0.1, -0.05) is 85.0 Å². The molecule has 0 unspecified atom stereocenters. The highest BCUT2D eigenvalue weighted by Crippen LogP contribution is 2.35. The second-order valence-corrected chi connectivity index (χ2v) is 9.14. The Morgan fingerprint density at radius 3 is 2.03 bits per heavy atom. The topological polar surface area (TPSA) is 29.5 Å². The van der Waals surface area contributed by atoms with Crippen LogP contribution in [0.15, 0.2) is 116 Å². The van der Waals surface area contributed by atoms with E-state index in [1.165, 1.54) is 22.3 Å². The zero-order chi connectivity index (χ0) is 25.6. The van der Waals surface area contributed by atoms with E-state index in [-0.39, 0.29) is 0 Å². The van der Waals surface area contributed by atoms with E-state index in [0.29, 0.717) is 5.75 Å². The monoisotopic (exact) mass is 483 g/mol. The summed E-state index contributed by atoms with van der Waals surface area (Å²) in [6.45, 7) is 5.53. The largest absolute Gasteiger partial charge is 0.423 e. The Morgan fingerprint density at radius 1 is 0.784 bits per heavy atom. The Labute approximate surface area is 218 Å². The number of fused-ring (bicyclic) bond motifs is 1. The van der Waals surface area contributed by atoms with Crippen molar-refractivity contribution in [1.29, 1.82) is 0 Å². The van der Waals surface area contributed by atoms with Crippen molar-refractivity contribution in [2.24, 2.45) is 0 Å². The Hall–Kier alpha value is -4.63. The van der Waals surface area contributed by atoms with Gasteiger partial charge in [-0.2, -0.15) is 0 Å². The first-order valence-electron chi connectivity index (χ1n) is 12.5. The van der Waals surface area contributed by atoms with Gasteiger partial charge in [-0.25, -0.2) is 4.79 Å². The van der Waals surface area contributed by atoms with Crippen molar-refractivity contribution < 1.29 is 9.53 Å². The molecule has 0 aliphatic heterocycles. The summed E-state index contributed by atoms with van der Waals surface area (Å²) in [5.41, 5.74) is 9.77. The van der Waals surface area contributed by atoms with Crippen LogP contribution in [0.1, 0.15) is 34.2 Å². The molecule has 0 saturated heterocycles. The van der Waals surface area contributed by atoms with Crippen molar-refractivity contribution in [2.45, 2.75) is 19.8 Å². The van der Waals surface area contributed by atoms with Crippen LogP contribution in [0.5, 0.6) is 5.75 Å². The molecule has 0 N–H and O–H groups in total. The molecule has 1 aliphatic rings. The fourth-order valence-electron chi connectivity index (χ4n) is 4.49. The molecule has 0 heterocycles. The average molecular weight is 484 g/mol. The number of hydrogen-bond acceptors (Lipinski definition) is 3. The zero-order valence-electron chi connectivity index (χ0n) is 20.9. The van der Waals surface area contributed by atoms with Crippen LogP contribution in [0.2, 0.25) is 0 Å². The standard InChI is InChI=1S/C34H29NO2/c1-3-34(36)37-32-22-14-27(15-23-32)11-10-26-12-20-31(21-13-26)35(30-18-8-25(2)9-19-30)24-29-17-16-28-6-4-5-7-33(28)29/h3-15,18-24H,1,16-17H2,2H3/b11-10?,29-24-. The molecule has 4 aromatic rings. The van der Waals surface area contributed by atoms with Crippen LogP contribution in [0, 0.1) is 6.92 Å². The maximum atomic E-state index is 11.3. The number of allylic oxidation sites excluding steroid dienone is 1. The van der Waals surface area contributed by atoms with Gasteiger partial charge in [-0.15, -0.1) is 0 Å². The third-order valence-corrected chi connectivity index (χ3v) is 6.53. The third kappa shape index (κ3) is 5.79. The van der Waals surface area contributed by atoms with Gasteiger partial charge in [-0.3, -0.25) is 0 Å². The number of carbonyl (C=O) groups is 1. The number of carbonyl (C=O) groups excluding carboxylic acids is 1. The van der Waals surface area contributed by atoms with Crippen LogP contribution in [-0.2, 0) is 11.2 Å². The highest BCUT2D eigenvalue weighted by Gasteiger charge is 2.17. The summed E-state index contributed by atoms with van der Waals surface area (Å²) in [4.78, 5) is 13.6. The predicted molar refractivity (Wildman–Crippen MR) is 154 cm³/mol. The van der Waals surface area contributed by atoms with E-state index in [4.69, 9.17) is 4.74 Å². The summed E-state index contributed by atoms with van der Waals surface area (Å²) in [5.74, 6) is 0.0393. The second kappa shape index (κ2) is 11.0. The predicted octanol–water partition coefficient (Wildman–Crippen LogP) is 8.38. The van der Waals surface area contributed by atoms with Gasteiger partial charge in [-0.05, 0) is 84.0 Å². The molecular weight excluding hydrogens is 454 g/mol. The molecule has 3 nitrogen and oxygen atoms in total. The lowest BCUT2D eigenvalue weighted by Gasteiger charge is -2.23. The number of hydrogen-bond donors (Lipinski definition) is 0. The minimum absolute atomic E-state index is 0.462. The quantitative estimate of drug-likeness (QED) is 0.114. The first kappa shape index (κ1) is 24.1. The summed E-state index contributed by atoms with van der Waals surface area (Å²) in [5, 5.41) is 0. The molecular formula is C34H29NO2. The molecule has 37 heavy (non-hydrogen) atoms. The molecule has 182 valence electrons. The molecule has 0 atom stereocenters. The molecule has 0 fully saturated rings. The number of anilines is 2. The Balaban J connectivity index is 1.38. The Kier molecular flexibility index (Phi) is 7.14. The van der Waals surface area contributed by atoms with E-state index in [1.807, 2.05) is 18.2 Å². The fourth-order valence-corrected chi connectivity index (χ4v) is 4.49. The van der Waals surface area contributed by atoms with E-state index < -0.39 is 5.97 Å². The number of esters is 1. The molecule has 0 amide bonds. The number of benzene rings is 4. The molecule has 0 bridgehead atoms.